The van der Waals surface area contributed by atoms with E-state index in [0.717, 1.165) is 0 Å². The molecule has 2 aromatic rings. The van der Waals surface area contributed by atoms with Crippen molar-refractivity contribution in [3.63, 3.8) is 0 Å². The van der Waals surface area contributed by atoms with Crippen molar-refractivity contribution >= 4 is 29.6 Å². The molecule has 32 heavy (non-hydrogen) atoms. The number of halogens is 1. The van der Waals surface area contributed by atoms with Gasteiger partial charge in [-0.1, -0.05) is 11.6 Å². The average molecular weight is 460 g/mol. The lowest BCUT2D eigenvalue weighted by Crippen LogP contribution is -2.49. The molecule has 1 saturated heterocycles. The van der Waals surface area contributed by atoms with Crippen LogP contribution in [-0.4, -0.2) is 61.9 Å². The molecule has 9 heteroatoms. The number of morpholine rings is 1. The minimum Gasteiger partial charge on any atom is -0.493 e. The number of nitrogens with one attached hydrogen (secondary N) is 1. The van der Waals surface area contributed by atoms with Gasteiger partial charge in [0, 0.05) is 23.7 Å². The summed E-state index contributed by atoms with van der Waals surface area (Å²) >= 11 is 5.82. The van der Waals surface area contributed by atoms with Gasteiger partial charge in [0.1, 0.15) is 0 Å². The van der Waals surface area contributed by atoms with Crippen LogP contribution in [0.4, 0.5) is 0 Å². The van der Waals surface area contributed by atoms with E-state index in [9.17, 15) is 9.59 Å². The van der Waals surface area contributed by atoms with Crippen molar-refractivity contribution in [2.75, 3.05) is 26.8 Å². The molecule has 0 radical (unpaired) electrons. The first-order valence-corrected chi connectivity index (χ1v) is 10.6. The van der Waals surface area contributed by atoms with Gasteiger partial charge in [0.2, 0.25) is 0 Å². The van der Waals surface area contributed by atoms with E-state index in [1.165, 1.54) is 13.3 Å². The van der Waals surface area contributed by atoms with Crippen LogP contribution in [-0.2, 0) is 9.53 Å². The second-order valence-corrected chi connectivity index (χ2v) is 7.90. The molecule has 2 atom stereocenters. The maximum absolute atomic E-state index is 12.5. The molecule has 2 aromatic carbocycles. The monoisotopic (exact) mass is 459 g/mol. The molecule has 8 nitrogen and oxygen atoms in total. The number of carbonyl (C=O) groups excluding carboxylic acids is 2. The Balaban J connectivity index is 1.56. The third kappa shape index (κ3) is 6.45. The minimum absolute atomic E-state index is 0.00371. The molecule has 170 valence electrons. The van der Waals surface area contributed by atoms with Gasteiger partial charge in [-0.25, -0.2) is 5.43 Å². The van der Waals surface area contributed by atoms with Crippen molar-refractivity contribution in [1.29, 1.82) is 0 Å². The molecule has 0 aromatic heterocycles. The number of benzene rings is 2. The fraction of sp³-hybridized carbons (Fsp3) is 0.348. The Morgan fingerprint density at radius 2 is 1.84 bits per heavy atom. The number of carbonyl (C=O) groups is 2. The van der Waals surface area contributed by atoms with Crippen molar-refractivity contribution in [2.45, 2.75) is 26.1 Å². The van der Waals surface area contributed by atoms with E-state index in [1.807, 2.05) is 13.8 Å². The van der Waals surface area contributed by atoms with E-state index in [1.54, 1.807) is 47.4 Å². The predicted molar refractivity (Wildman–Crippen MR) is 122 cm³/mol. The summed E-state index contributed by atoms with van der Waals surface area (Å²) in [6.07, 6.45) is 1.48. The first kappa shape index (κ1) is 23.6. The molecule has 0 aliphatic carbocycles. The lowest BCUT2D eigenvalue weighted by molar-refractivity contribution is -0.145. The van der Waals surface area contributed by atoms with Crippen LogP contribution in [0.15, 0.2) is 47.6 Å². The highest BCUT2D eigenvalue weighted by Gasteiger charge is 2.26. The Kier molecular flexibility index (Phi) is 8.08. The summed E-state index contributed by atoms with van der Waals surface area (Å²) in [5.74, 6) is 0.437. The van der Waals surface area contributed by atoms with Crippen LogP contribution < -0.4 is 14.9 Å². The molecular formula is C23H26ClN3O5. The van der Waals surface area contributed by atoms with Gasteiger partial charge in [-0.2, -0.15) is 5.10 Å². The van der Waals surface area contributed by atoms with Crippen molar-refractivity contribution in [1.82, 2.24) is 10.3 Å². The number of hydrogen-bond acceptors (Lipinski definition) is 6. The average Bonchev–Trinajstić information content (AvgIpc) is 2.77. The maximum atomic E-state index is 12.5. The number of methoxy groups -OCH3 is 1. The zero-order valence-electron chi connectivity index (χ0n) is 18.2. The Bertz CT molecular complexity index is 970. The smallest absolute Gasteiger partial charge is 0.271 e. The second kappa shape index (κ2) is 11.0. The van der Waals surface area contributed by atoms with E-state index in [0.29, 0.717) is 40.7 Å². The molecule has 0 saturated carbocycles. The normalized spacial score (nSPS) is 18.4. The summed E-state index contributed by atoms with van der Waals surface area (Å²) in [6, 6.07) is 11.6. The third-order valence-electron chi connectivity index (χ3n) is 4.80. The van der Waals surface area contributed by atoms with Gasteiger partial charge in [-0.15, -0.1) is 0 Å². The zero-order chi connectivity index (χ0) is 23.1. The summed E-state index contributed by atoms with van der Waals surface area (Å²) < 4.78 is 16.7. The van der Waals surface area contributed by atoms with Crippen molar-refractivity contribution in [2.24, 2.45) is 5.10 Å². The number of nitrogens with zero attached hydrogens (tertiary/aromatic N) is 2. The summed E-state index contributed by atoms with van der Waals surface area (Å²) in [4.78, 5) is 26.3. The summed E-state index contributed by atoms with van der Waals surface area (Å²) in [7, 11) is 1.51. The van der Waals surface area contributed by atoms with E-state index in [4.69, 9.17) is 25.8 Å². The fourth-order valence-electron chi connectivity index (χ4n) is 3.33. The van der Waals surface area contributed by atoms with E-state index in [-0.39, 0.29) is 30.6 Å². The second-order valence-electron chi connectivity index (χ2n) is 7.46. The SMILES string of the molecule is COc1cc(C=NNC(=O)c2ccc(Cl)cc2)ccc1OCC(=O)N1CC(C)OC(C)C1. The molecule has 3 rings (SSSR count). The molecule has 1 heterocycles. The first-order chi connectivity index (χ1) is 15.4. The molecule has 2 unspecified atom stereocenters. The summed E-state index contributed by atoms with van der Waals surface area (Å²) in [5.41, 5.74) is 3.59. The van der Waals surface area contributed by atoms with Crippen LogP contribution >= 0.6 is 11.6 Å². The van der Waals surface area contributed by atoms with Gasteiger partial charge >= 0.3 is 0 Å². The van der Waals surface area contributed by atoms with Crippen molar-refractivity contribution < 1.29 is 23.8 Å². The Morgan fingerprint density at radius 3 is 2.50 bits per heavy atom. The maximum Gasteiger partial charge on any atom is 0.271 e. The molecular weight excluding hydrogens is 434 g/mol. The van der Waals surface area contributed by atoms with Gasteiger partial charge in [-0.05, 0) is 61.9 Å². The van der Waals surface area contributed by atoms with Crippen molar-refractivity contribution in [3.05, 3.63) is 58.6 Å². The molecule has 1 aliphatic heterocycles. The topological polar surface area (TPSA) is 89.5 Å². The van der Waals surface area contributed by atoms with Crippen LogP contribution in [0.2, 0.25) is 5.02 Å². The van der Waals surface area contributed by atoms with Crippen LogP contribution in [0.5, 0.6) is 11.5 Å². The van der Waals surface area contributed by atoms with Crippen LogP contribution in [0, 0.1) is 0 Å². The van der Waals surface area contributed by atoms with E-state index in [2.05, 4.69) is 10.5 Å². The number of ether oxygens (including phenoxy) is 3. The standard InChI is InChI=1S/C23H26ClN3O5/c1-15-12-27(13-16(2)32-15)22(28)14-31-20-9-4-17(10-21(20)30-3)11-25-26-23(29)18-5-7-19(24)8-6-18/h4-11,15-16H,12-14H2,1-3H3,(H,26,29). The van der Waals surface area contributed by atoms with Crippen LogP contribution in [0.3, 0.4) is 0 Å². The Morgan fingerprint density at radius 1 is 1.16 bits per heavy atom. The highest BCUT2D eigenvalue weighted by atomic mass is 35.5. The van der Waals surface area contributed by atoms with Gasteiger partial charge < -0.3 is 19.1 Å². The number of hydrogen-bond donors (Lipinski definition) is 1. The van der Waals surface area contributed by atoms with Gasteiger partial charge in [0.15, 0.2) is 18.1 Å². The summed E-state index contributed by atoms with van der Waals surface area (Å²) in [5, 5.41) is 4.52. The largest absolute Gasteiger partial charge is 0.493 e. The lowest BCUT2D eigenvalue weighted by Gasteiger charge is -2.35. The molecule has 2 amide bonds. The third-order valence-corrected chi connectivity index (χ3v) is 5.05. The first-order valence-electron chi connectivity index (χ1n) is 10.2. The summed E-state index contributed by atoms with van der Waals surface area (Å²) in [6.45, 7) is 4.87. The van der Waals surface area contributed by atoms with Crippen LogP contribution in [0.25, 0.3) is 0 Å². The number of amides is 2. The number of rotatable bonds is 7. The quantitative estimate of drug-likeness (QED) is 0.507. The molecule has 0 bridgehead atoms. The highest BCUT2D eigenvalue weighted by molar-refractivity contribution is 6.30. The van der Waals surface area contributed by atoms with E-state index >= 15 is 0 Å². The lowest BCUT2D eigenvalue weighted by atomic mass is 10.2. The highest BCUT2D eigenvalue weighted by Crippen LogP contribution is 2.27. The van der Waals surface area contributed by atoms with Gasteiger partial charge in [0.05, 0.1) is 25.5 Å². The molecule has 1 fully saturated rings. The van der Waals surface area contributed by atoms with Gasteiger partial charge in [0.25, 0.3) is 11.8 Å². The van der Waals surface area contributed by atoms with Gasteiger partial charge in [-0.3, -0.25) is 9.59 Å². The predicted octanol–water partition coefficient (Wildman–Crippen LogP) is 3.13. The zero-order valence-corrected chi connectivity index (χ0v) is 19.0. The number of hydrazone groups is 1. The van der Waals surface area contributed by atoms with E-state index < -0.39 is 0 Å². The molecule has 0 spiro atoms. The van der Waals surface area contributed by atoms with Crippen LogP contribution in [0.1, 0.15) is 29.8 Å². The fourth-order valence-corrected chi connectivity index (χ4v) is 3.45. The van der Waals surface area contributed by atoms with Crippen molar-refractivity contribution in [3.8, 4) is 11.5 Å². The molecule has 1 N–H and O–H groups in total. The Hall–Kier alpha value is -3.10. The minimum atomic E-state index is -0.352. The Labute approximate surface area is 192 Å². The molecule has 1 aliphatic rings.